The Bertz CT molecular complexity index is 1060. The Morgan fingerprint density at radius 2 is 2.00 bits per heavy atom. The number of hydrogen-bond donors (Lipinski definition) is 0. The Kier molecular flexibility index (Phi) is 3.93. The number of ether oxygens (including phenoxy) is 1. The van der Waals surface area contributed by atoms with E-state index in [2.05, 4.69) is 21.4 Å². The van der Waals surface area contributed by atoms with Crippen molar-refractivity contribution >= 4 is 16.3 Å². The summed E-state index contributed by atoms with van der Waals surface area (Å²) < 4.78 is 21.0. The van der Waals surface area contributed by atoms with Crippen LogP contribution in [0.1, 0.15) is 16.1 Å². The lowest BCUT2D eigenvalue weighted by Crippen LogP contribution is -1.99. The first-order valence-corrected chi connectivity index (χ1v) is 8.59. The quantitative estimate of drug-likeness (QED) is 0.551. The van der Waals surface area contributed by atoms with Gasteiger partial charge in [-0.25, -0.2) is 4.39 Å². The van der Waals surface area contributed by atoms with Crippen LogP contribution in [0.3, 0.4) is 0 Å². The minimum atomic E-state index is -0.317. The average molecular weight is 354 g/mol. The number of nitrogens with zero attached hydrogens (tertiary/aromatic N) is 4. The molecule has 5 nitrogen and oxygen atoms in total. The van der Waals surface area contributed by atoms with E-state index in [4.69, 9.17) is 4.74 Å². The maximum absolute atomic E-state index is 13.4. The summed E-state index contributed by atoms with van der Waals surface area (Å²) in [5.74, 6) is 1.04. The second-order valence-corrected chi connectivity index (χ2v) is 6.82. The number of rotatable bonds is 4. The zero-order valence-corrected chi connectivity index (χ0v) is 14.5. The monoisotopic (exact) mass is 354 g/mol. The fourth-order valence-corrected chi connectivity index (χ4v) is 3.27. The van der Waals surface area contributed by atoms with E-state index >= 15 is 0 Å². The SMILES string of the molecule is Cc1ccc(C)c(OCc2nn3c(-c4cccc(F)c4)nnc3s2)c1. The summed E-state index contributed by atoms with van der Waals surface area (Å²) in [5, 5.41) is 13.5. The van der Waals surface area contributed by atoms with E-state index in [1.807, 2.05) is 26.0 Å². The zero-order chi connectivity index (χ0) is 17.4. The van der Waals surface area contributed by atoms with Gasteiger partial charge < -0.3 is 4.74 Å². The standard InChI is InChI=1S/C18H15FN4OS/c1-11-6-7-12(2)15(8-11)24-10-16-22-23-17(20-21-18(23)25-16)13-4-3-5-14(19)9-13/h3-9H,10H2,1-2H3. The van der Waals surface area contributed by atoms with E-state index in [9.17, 15) is 4.39 Å². The summed E-state index contributed by atoms with van der Waals surface area (Å²) >= 11 is 1.41. The van der Waals surface area contributed by atoms with Gasteiger partial charge in [0.15, 0.2) is 10.8 Å². The number of aromatic nitrogens is 4. The van der Waals surface area contributed by atoms with Gasteiger partial charge in [0.2, 0.25) is 4.96 Å². The van der Waals surface area contributed by atoms with Crippen LogP contribution in [0.2, 0.25) is 0 Å². The molecule has 7 heteroatoms. The van der Waals surface area contributed by atoms with Crippen molar-refractivity contribution in [2.75, 3.05) is 0 Å². The molecule has 2 aromatic heterocycles. The van der Waals surface area contributed by atoms with Gasteiger partial charge in [-0.1, -0.05) is 35.6 Å². The third kappa shape index (κ3) is 3.10. The van der Waals surface area contributed by atoms with Gasteiger partial charge >= 0.3 is 0 Å². The summed E-state index contributed by atoms with van der Waals surface area (Å²) in [6, 6.07) is 12.3. The van der Waals surface area contributed by atoms with E-state index in [0.29, 0.717) is 23.0 Å². The van der Waals surface area contributed by atoms with Crippen LogP contribution in [0, 0.1) is 19.7 Å². The molecule has 4 rings (SSSR count). The van der Waals surface area contributed by atoms with Crippen LogP contribution in [-0.4, -0.2) is 19.8 Å². The molecule has 0 aliphatic carbocycles. The van der Waals surface area contributed by atoms with E-state index in [1.54, 1.807) is 16.6 Å². The highest BCUT2D eigenvalue weighted by atomic mass is 32.1. The molecule has 0 saturated heterocycles. The molecule has 0 aliphatic rings. The van der Waals surface area contributed by atoms with Gasteiger partial charge in [-0.15, -0.1) is 10.2 Å². The fraction of sp³-hybridized carbons (Fsp3) is 0.167. The number of halogens is 1. The maximum atomic E-state index is 13.4. The lowest BCUT2D eigenvalue weighted by Gasteiger charge is -2.08. The van der Waals surface area contributed by atoms with Gasteiger partial charge in [-0.05, 0) is 43.2 Å². The molecule has 0 atom stereocenters. The maximum Gasteiger partial charge on any atom is 0.235 e. The molecular weight excluding hydrogens is 339 g/mol. The molecule has 0 unspecified atom stereocenters. The summed E-state index contributed by atoms with van der Waals surface area (Å²) in [5.41, 5.74) is 2.86. The topological polar surface area (TPSA) is 52.3 Å². The van der Waals surface area contributed by atoms with Crippen LogP contribution < -0.4 is 4.74 Å². The van der Waals surface area contributed by atoms with Crippen molar-refractivity contribution in [3.8, 4) is 17.1 Å². The highest BCUT2D eigenvalue weighted by Crippen LogP contribution is 2.24. The molecule has 0 fully saturated rings. The minimum Gasteiger partial charge on any atom is -0.486 e. The molecule has 4 aromatic rings. The fourth-order valence-electron chi connectivity index (χ4n) is 2.52. The molecule has 0 bridgehead atoms. The molecule has 2 heterocycles. The Labute approximate surface area is 147 Å². The second-order valence-electron chi connectivity index (χ2n) is 5.78. The Morgan fingerprint density at radius 1 is 1.12 bits per heavy atom. The first kappa shape index (κ1) is 15.7. The van der Waals surface area contributed by atoms with Gasteiger partial charge in [0.1, 0.15) is 18.2 Å². The molecule has 25 heavy (non-hydrogen) atoms. The smallest absolute Gasteiger partial charge is 0.235 e. The molecule has 0 radical (unpaired) electrons. The van der Waals surface area contributed by atoms with E-state index in [1.165, 1.54) is 23.5 Å². The van der Waals surface area contributed by atoms with Gasteiger partial charge in [-0.3, -0.25) is 0 Å². The molecule has 0 aliphatic heterocycles. The molecule has 126 valence electrons. The molecule has 0 spiro atoms. The van der Waals surface area contributed by atoms with Crippen LogP contribution in [0.15, 0.2) is 42.5 Å². The average Bonchev–Trinajstić information content (AvgIpc) is 3.15. The normalized spacial score (nSPS) is 11.2. The molecule has 2 aromatic carbocycles. The number of fused-ring (bicyclic) bond motifs is 1. The van der Waals surface area contributed by atoms with Crippen molar-refractivity contribution < 1.29 is 9.13 Å². The Morgan fingerprint density at radius 3 is 2.84 bits per heavy atom. The third-order valence-electron chi connectivity index (χ3n) is 3.81. The van der Waals surface area contributed by atoms with Crippen molar-refractivity contribution in [2.24, 2.45) is 0 Å². The predicted octanol–water partition coefficient (Wildman–Crippen LogP) is 4.19. The van der Waals surface area contributed by atoms with E-state index in [-0.39, 0.29) is 5.82 Å². The first-order valence-electron chi connectivity index (χ1n) is 7.77. The van der Waals surface area contributed by atoms with Crippen molar-refractivity contribution in [1.29, 1.82) is 0 Å². The van der Waals surface area contributed by atoms with Gasteiger partial charge in [0.05, 0.1) is 0 Å². The lowest BCUT2D eigenvalue weighted by molar-refractivity contribution is 0.302. The Hall–Kier alpha value is -2.80. The summed E-state index contributed by atoms with van der Waals surface area (Å²) in [6.07, 6.45) is 0. The third-order valence-corrected chi connectivity index (χ3v) is 4.68. The van der Waals surface area contributed by atoms with Crippen molar-refractivity contribution in [3.05, 3.63) is 64.4 Å². The number of aryl methyl sites for hydroxylation is 2. The summed E-state index contributed by atoms with van der Waals surface area (Å²) in [4.78, 5) is 0.652. The van der Waals surface area contributed by atoms with Crippen molar-refractivity contribution in [1.82, 2.24) is 19.8 Å². The zero-order valence-electron chi connectivity index (χ0n) is 13.7. The number of benzene rings is 2. The summed E-state index contributed by atoms with van der Waals surface area (Å²) in [6.45, 7) is 4.39. The van der Waals surface area contributed by atoms with Gasteiger partial charge in [0, 0.05) is 5.56 Å². The predicted molar refractivity (Wildman–Crippen MR) is 94.3 cm³/mol. The second kappa shape index (κ2) is 6.25. The first-order chi connectivity index (χ1) is 12.1. The largest absolute Gasteiger partial charge is 0.486 e. The van der Waals surface area contributed by atoms with Crippen LogP contribution in [0.4, 0.5) is 4.39 Å². The van der Waals surface area contributed by atoms with Crippen molar-refractivity contribution in [3.63, 3.8) is 0 Å². The highest BCUT2D eigenvalue weighted by molar-refractivity contribution is 7.16. The minimum absolute atomic E-state index is 0.317. The Balaban J connectivity index is 1.61. The van der Waals surface area contributed by atoms with E-state index in [0.717, 1.165) is 21.9 Å². The summed E-state index contributed by atoms with van der Waals surface area (Å²) in [7, 11) is 0. The molecule has 0 saturated carbocycles. The highest BCUT2D eigenvalue weighted by Gasteiger charge is 2.14. The number of hydrogen-bond acceptors (Lipinski definition) is 5. The van der Waals surface area contributed by atoms with Crippen LogP contribution in [0.25, 0.3) is 16.3 Å². The van der Waals surface area contributed by atoms with Gasteiger partial charge in [-0.2, -0.15) is 9.61 Å². The van der Waals surface area contributed by atoms with E-state index < -0.39 is 0 Å². The van der Waals surface area contributed by atoms with Crippen molar-refractivity contribution in [2.45, 2.75) is 20.5 Å². The molecular formula is C18H15FN4OS. The van der Waals surface area contributed by atoms with Crippen LogP contribution >= 0.6 is 11.3 Å². The van der Waals surface area contributed by atoms with Gasteiger partial charge in [0.25, 0.3) is 0 Å². The lowest BCUT2D eigenvalue weighted by atomic mass is 10.1. The van der Waals surface area contributed by atoms with Crippen LogP contribution in [0.5, 0.6) is 5.75 Å². The molecule has 0 N–H and O–H groups in total. The van der Waals surface area contributed by atoms with Crippen LogP contribution in [-0.2, 0) is 6.61 Å². The molecule has 0 amide bonds.